The minimum atomic E-state index is -0.758. The summed E-state index contributed by atoms with van der Waals surface area (Å²) >= 11 is 1.81. The first-order valence-electron chi connectivity index (χ1n) is 6.39. The van der Waals surface area contributed by atoms with E-state index >= 15 is 0 Å². The highest BCUT2D eigenvalue weighted by atomic mass is 32.2. The quantitative estimate of drug-likeness (QED) is 0.505. The summed E-state index contributed by atoms with van der Waals surface area (Å²) in [4.78, 5) is 21.5. The van der Waals surface area contributed by atoms with Crippen LogP contribution >= 0.6 is 11.8 Å². The summed E-state index contributed by atoms with van der Waals surface area (Å²) in [6.45, 7) is 1.32. The molecule has 0 unspecified atom stereocenters. The van der Waals surface area contributed by atoms with Crippen LogP contribution in [-0.4, -0.2) is 42.2 Å². The number of amides is 2. The van der Waals surface area contributed by atoms with Crippen LogP contribution in [0.4, 0.5) is 4.79 Å². The summed E-state index contributed by atoms with van der Waals surface area (Å²) in [6, 6.07) is -0.127. The number of hydrogen-bond donors (Lipinski definition) is 3. The molecule has 0 saturated heterocycles. The van der Waals surface area contributed by atoms with E-state index in [2.05, 4.69) is 16.9 Å². The maximum atomic E-state index is 11.3. The highest BCUT2D eigenvalue weighted by Crippen LogP contribution is 1.99. The summed E-state index contributed by atoms with van der Waals surface area (Å²) in [7, 11) is 0. The second-order valence-corrected chi connectivity index (χ2v) is 5.07. The van der Waals surface area contributed by atoms with Crippen LogP contribution in [0.1, 0.15) is 38.5 Å². The van der Waals surface area contributed by atoms with Crippen molar-refractivity contribution < 1.29 is 14.7 Å². The van der Waals surface area contributed by atoms with Gasteiger partial charge in [-0.2, -0.15) is 11.8 Å². The Morgan fingerprint density at radius 2 is 1.61 bits per heavy atom. The van der Waals surface area contributed by atoms with E-state index in [0.29, 0.717) is 19.5 Å². The minimum absolute atomic E-state index is 0.127. The van der Waals surface area contributed by atoms with E-state index in [-0.39, 0.29) is 12.5 Å². The molecule has 0 radical (unpaired) electrons. The highest BCUT2D eigenvalue weighted by molar-refractivity contribution is 7.98. The predicted molar refractivity (Wildman–Crippen MR) is 75.1 cm³/mol. The molecule has 0 heterocycles. The molecule has 2 amide bonds. The van der Waals surface area contributed by atoms with Gasteiger partial charge < -0.3 is 15.7 Å². The zero-order valence-electron chi connectivity index (χ0n) is 11.0. The van der Waals surface area contributed by atoms with Crippen molar-refractivity contribution in [3.8, 4) is 0 Å². The van der Waals surface area contributed by atoms with Crippen LogP contribution in [-0.2, 0) is 4.79 Å². The van der Waals surface area contributed by atoms with Crippen molar-refractivity contribution >= 4 is 23.8 Å². The van der Waals surface area contributed by atoms with Crippen molar-refractivity contribution in [1.82, 2.24) is 10.6 Å². The van der Waals surface area contributed by atoms with Crippen molar-refractivity contribution in [2.24, 2.45) is 0 Å². The van der Waals surface area contributed by atoms with Crippen LogP contribution in [0.25, 0.3) is 0 Å². The van der Waals surface area contributed by atoms with Gasteiger partial charge in [0, 0.05) is 19.5 Å². The topological polar surface area (TPSA) is 78.4 Å². The molecule has 106 valence electrons. The highest BCUT2D eigenvalue weighted by Gasteiger charge is 1.99. The molecule has 6 heteroatoms. The molecule has 18 heavy (non-hydrogen) atoms. The molecule has 0 saturated carbocycles. The van der Waals surface area contributed by atoms with Crippen molar-refractivity contribution in [1.29, 1.82) is 0 Å². The summed E-state index contributed by atoms with van der Waals surface area (Å²) < 4.78 is 0. The lowest BCUT2D eigenvalue weighted by molar-refractivity contribution is -0.137. The molecular formula is C12H24N2O3S. The number of thioether (sulfide) groups is 1. The molecule has 0 aromatic carbocycles. The number of carboxylic acid groups (broad SMARTS) is 1. The average molecular weight is 276 g/mol. The van der Waals surface area contributed by atoms with E-state index in [1.165, 1.54) is 0 Å². The maximum Gasteiger partial charge on any atom is 0.314 e. The lowest BCUT2D eigenvalue weighted by Crippen LogP contribution is -2.36. The number of carbonyl (C=O) groups is 2. The van der Waals surface area contributed by atoms with Crippen LogP contribution in [0, 0.1) is 0 Å². The van der Waals surface area contributed by atoms with Gasteiger partial charge in [0.05, 0.1) is 0 Å². The molecule has 0 spiro atoms. The first kappa shape index (κ1) is 17.1. The van der Waals surface area contributed by atoms with Gasteiger partial charge in [-0.05, 0) is 37.7 Å². The van der Waals surface area contributed by atoms with Crippen LogP contribution < -0.4 is 10.6 Å². The molecule has 0 bridgehead atoms. The standard InChI is InChI=1S/C12H24N2O3S/c1-18-10-6-5-9-14-12(17)13-8-4-2-3-7-11(15)16/h2-10H2,1H3,(H,15,16)(H2,13,14,17). The zero-order valence-corrected chi connectivity index (χ0v) is 11.9. The second-order valence-electron chi connectivity index (χ2n) is 4.09. The number of hydrogen-bond acceptors (Lipinski definition) is 3. The number of nitrogens with one attached hydrogen (secondary N) is 2. The Kier molecular flexibility index (Phi) is 11.9. The van der Waals surface area contributed by atoms with Crippen molar-refractivity contribution in [3.05, 3.63) is 0 Å². The fourth-order valence-corrected chi connectivity index (χ4v) is 1.91. The van der Waals surface area contributed by atoms with Gasteiger partial charge in [0.15, 0.2) is 0 Å². The van der Waals surface area contributed by atoms with Gasteiger partial charge in [-0.1, -0.05) is 6.42 Å². The van der Waals surface area contributed by atoms with E-state index in [9.17, 15) is 9.59 Å². The summed E-state index contributed by atoms with van der Waals surface area (Å²) in [5.41, 5.74) is 0. The van der Waals surface area contributed by atoms with Gasteiger partial charge in [-0.3, -0.25) is 4.79 Å². The molecule has 0 rings (SSSR count). The molecular weight excluding hydrogens is 252 g/mol. The van der Waals surface area contributed by atoms with E-state index in [0.717, 1.165) is 31.4 Å². The molecule has 0 aromatic rings. The molecule has 0 aliphatic heterocycles. The number of rotatable bonds is 11. The maximum absolute atomic E-state index is 11.3. The average Bonchev–Trinajstić information content (AvgIpc) is 2.33. The number of carbonyl (C=O) groups excluding carboxylic acids is 1. The first-order chi connectivity index (χ1) is 8.66. The molecule has 0 atom stereocenters. The Morgan fingerprint density at radius 3 is 2.17 bits per heavy atom. The number of urea groups is 1. The third kappa shape index (κ3) is 13.2. The van der Waals surface area contributed by atoms with Gasteiger partial charge in [0.2, 0.25) is 0 Å². The third-order valence-electron chi connectivity index (χ3n) is 2.41. The van der Waals surface area contributed by atoms with Crippen molar-refractivity contribution in [2.75, 3.05) is 25.1 Å². The fourth-order valence-electron chi connectivity index (χ4n) is 1.42. The molecule has 0 aliphatic carbocycles. The smallest absolute Gasteiger partial charge is 0.314 e. The number of carboxylic acids is 1. The summed E-state index contributed by atoms with van der Waals surface area (Å²) in [6.07, 6.45) is 6.75. The summed E-state index contributed by atoms with van der Waals surface area (Å²) in [5.74, 6) is 0.373. The molecule has 5 nitrogen and oxygen atoms in total. The lowest BCUT2D eigenvalue weighted by Gasteiger charge is -2.07. The molecule has 3 N–H and O–H groups in total. The van der Waals surface area contributed by atoms with Gasteiger partial charge in [0.1, 0.15) is 0 Å². The molecule has 0 aromatic heterocycles. The van der Waals surface area contributed by atoms with Crippen LogP contribution in [0.2, 0.25) is 0 Å². The van der Waals surface area contributed by atoms with Crippen molar-refractivity contribution in [2.45, 2.75) is 38.5 Å². The van der Waals surface area contributed by atoms with Gasteiger partial charge in [-0.15, -0.1) is 0 Å². The minimum Gasteiger partial charge on any atom is -0.481 e. The Bertz CT molecular complexity index is 237. The zero-order chi connectivity index (χ0) is 13.6. The van der Waals surface area contributed by atoms with Gasteiger partial charge >= 0.3 is 12.0 Å². The van der Waals surface area contributed by atoms with E-state index in [4.69, 9.17) is 5.11 Å². The number of aliphatic carboxylic acids is 1. The number of unbranched alkanes of at least 4 members (excludes halogenated alkanes) is 3. The van der Waals surface area contributed by atoms with Crippen LogP contribution in [0.3, 0.4) is 0 Å². The lowest BCUT2D eigenvalue weighted by atomic mass is 10.2. The monoisotopic (exact) mass is 276 g/mol. The molecule has 0 aliphatic rings. The van der Waals surface area contributed by atoms with E-state index in [1.54, 1.807) is 0 Å². The van der Waals surface area contributed by atoms with E-state index < -0.39 is 5.97 Å². The molecule has 0 fully saturated rings. The Hall–Kier alpha value is -0.910. The van der Waals surface area contributed by atoms with Gasteiger partial charge in [-0.25, -0.2) is 4.79 Å². The SMILES string of the molecule is CSCCCCNC(=O)NCCCCCC(=O)O. The predicted octanol–water partition coefficient (Wildman–Crippen LogP) is 2.07. The van der Waals surface area contributed by atoms with Gasteiger partial charge in [0.25, 0.3) is 0 Å². The van der Waals surface area contributed by atoms with Crippen LogP contribution in [0.15, 0.2) is 0 Å². The first-order valence-corrected chi connectivity index (χ1v) is 7.78. The Morgan fingerprint density at radius 1 is 1.00 bits per heavy atom. The summed E-state index contributed by atoms with van der Waals surface area (Å²) in [5, 5.41) is 14.0. The Balaban J connectivity index is 3.19. The third-order valence-corrected chi connectivity index (χ3v) is 3.11. The normalized spacial score (nSPS) is 10.1. The van der Waals surface area contributed by atoms with E-state index in [1.807, 2.05) is 11.8 Å². The fraction of sp³-hybridized carbons (Fsp3) is 0.833. The Labute approximate surface area is 113 Å². The van der Waals surface area contributed by atoms with Crippen molar-refractivity contribution in [3.63, 3.8) is 0 Å². The largest absolute Gasteiger partial charge is 0.481 e. The second kappa shape index (κ2) is 12.5. The van der Waals surface area contributed by atoms with Crippen LogP contribution in [0.5, 0.6) is 0 Å².